The summed E-state index contributed by atoms with van der Waals surface area (Å²) < 4.78 is 15.6. The van der Waals surface area contributed by atoms with Crippen molar-refractivity contribution in [3.8, 4) is 11.5 Å². The fourth-order valence-corrected chi connectivity index (χ4v) is 1.97. The van der Waals surface area contributed by atoms with Crippen LogP contribution in [0.25, 0.3) is 6.08 Å². The van der Waals surface area contributed by atoms with Gasteiger partial charge in [0, 0.05) is 12.8 Å². The van der Waals surface area contributed by atoms with Crippen molar-refractivity contribution < 1.29 is 23.8 Å². The number of hydrogen-bond acceptors (Lipinski definition) is 5. The van der Waals surface area contributed by atoms with E-state index in [1.807, 2.05) is 32.9 Å². The molecule has 5 nitrogen and oxygen atoms in total. The third-order valence-electron chi connectivity index (χ3n) is 3.09. The topological polar surface area (TPSA) is 61.8 Å². The highest BCUT2D eigenvalue weighted by Gasteiger charge is 2.09. The molecule has 0 aromatic heterocycles. The highest BCUT2D eigenvalue weighted by molar-refractivity contribution is 5.73. The summed E-state index contributed by atoms with van der Waals surface area (Å²) in [6.45, 7) is 6.08. The highest BCUT2D eigenvalue weighted by atomic mass is 16.6. The molecule has 0 N–H and O–H groups in total. The highest BCUT2D eigenvalue weighted by Crippen LogP contribution is 2.29. The van der Waals surface area contributed by atoms with Crippen LogP contribution in [0.3, 0.4) is 0 Å². The molecule has 132 valence electrons. The molecule has 24 heavy (non-hydrogen) atoms. The van der Waals surface area contributed by atoms with Gasteiger partial charge in [0.2, 0.25) is 0 Å². The van der Waals surface area contributed by atoms with Crippen LogP contribution in [-0.2, 0) is 14.3 Å². The third-order valence-corrected chi connectivity index (χ3v) is 3.09. The van der Waals surface area contributed by atoms with Crippen molar-refractivity contribution in [1.29, 1.82) is 0 Å². The molecule has 1 rings (SSSR count). The van der Waals surface area contributed by atoms with Crippen LogP contribution in [0.1, 0.15) is 45.6 Å². The molecule has 0 amide bonds. The van der Waals surface area contributed by atoms with Gasteiger partial charge >= 0.3 is 11.9 Å². The summed E-state index contributed by atoms with van der Waals surface area (Å²) in [5.74, 6) is 0.685. The van der Waals surface area contributed by atoms with Gasteiger partial charge in [0.15, 0.2) is 11.5 Å². The molecule has 0 bridgehead atoms. The maximum absolute atomic E-state index is 11.6. The van der Waals surface area contributed by atoms with Gasteiger partial charge in [-0.05, 0) is 36.1 Å². The minimum atomic E-state index is -0.281. The Balaban J connectivity index is 2.62. The number of ether oxygens (including phenoxy) is 3. The van der Waals surface area contributed by atoms with Gasteiger partial charge in [-0.1, -0.05) is 32.9 Å². The Bertz CT molecular complexity index is 575. The molecule has 0 saturated heterocycles. The van der Waals surface area contributed by atoms with Crippen molar-refractivity contribution >= 4 is 18.0 Å². The lowest BCUT2D eigenvalue weighted by Gasteiger charge is -2.09. The van der Waals surface area contributed by atoms with Crippen LogP contribution in [0.2, 0.25) is 0 Å². The second-order valence-electron chi connectivity index (χ2n) is 5.82. The van der Waals surface area contributed by atoms with Crippen molar-refractivity contribution in [2.75, 3.05) is 13.7 Å². The smallest absolute Gasteiger partial charge is 0.311 e. The first-order chi connectivity index (χ1) is 11.5. The minimum absolute atomic E-state index is 0.203. The summed E-state index contributed by atoms with van der Waals surface area (Å²) in [5, 5.41) is 0. The summed E-state index contributed by atoms with van der Waals surface area (Å²) in [4.78, 5) is 23.0. The third kappa shape index (κ3) is 7.31. The predicted molar refractivity (Wildman–Crippen MR) is 93.0 cm³/mol. The van der Waals surface area contributed by atoms with Crippen molar-refractivity contribution in [2.24, 2.45) is 5.92 Å². The zero-order valence-electron chi connectivity index (χ0n) is 14.8. The lowest BCUT2D eigenvalue weighted by molar-refractivity contribution is -0.143. The van der Waals surface area contributed by atoms with Crippen molar-refractivity contribution in [3.63, 3.8) is 0 Å². The minimum Gasteiger partial charge on any atom is -0.493 e. The Morgan fingerprint density at radius 2 is 1.92 bits per heavy atom. The Kier molecular flexibility index (Phi) is 8.61. The molecule has 1 aromatic rings. The van der Waals surface area contributed by atoms with Crippen LogP contribution in [0.5, 0.6) is 11.5 Å². The van der Waals surface area contributed by atoms with E-state index < -0.39 is 0 Å². The standard InChI is InChI=1S/C19H26O5/c1-5-7-18(20)24-16-10-9-15(13-17(16)22-4)8-6-11-23-19(21)12-14(2)3/h6,8-10,13-14H,5,7,11-12H2,1-4H3/b8-6+. The Morgan fingerprint density at radius 3 is 2.54 bits per heavy atom. The first kappa shape index (κ1) is 19.7. The number of benzene rings is 1. The molecular weight excluding hydrogens is 308 g/mol. The maximum Gasteiger partial charge on any atom is 0.311 e. The fraction of sp³-hybridized carbons (Fsp3) is 0.474. The van der Waals surface area contributed by atoms with Gasteiger partial charge in [-0.15, -0.1) is 0 Å². The van der Waals surface area contributed by atoms with Crippen molar-refractivity contribution in [1.82, 2.24) is 0 Å². The second-order valence-corrected chi connectivity index (χ2v) is 5.82. The monoisotopic (exact) mass is 334 g/mol. The van der Waals surface area contributed by atoms with Crippen LogP contribution >= 0.6 is 0 Å². The van der Waals surface area contributed by atoms with E-state index in [-0.39, 0.29) is 24.5 Å². The average Bonchev–Trinajstić information content (AvgIpc) is 2.52. The van der Waals surface area contributed by atoms with Gasteiger partial charge in [0.25, 0.3) is 0 Å². The largest absolute Gasteiger partial charge is 0.493 e. The average molecular weight is 334 g/mol. The van der Waals surface area contributed by atoms with E-state index in [0.29, 0.717) is 24.3 Å². The molecule has 0 spiro atoms. The molecule has 1 aromatic carbocycles. The van der Waals surface area contributed by atoms with Crippen LogP contribution in [-0.4, -0.2) is 25.7 Å². The van der Waals surface area contributed by atoms with Crippen LogP contribution in [0, 0.1) is 5.92 Å². The molecule has 0 unspecified atom stereocenters. The summed E-state index contributed by atoms with van der Waals surface area (Å²) >= 11 is 0. The summed E-state index contributed by atoms with van der Waals surface area (Å²) in [6, 6.07) is 5.27. The Labute approximate surface area is 143 Å². The first-order valence-electron chi connectivity index (χ1n) is 8.17. The quantitative estimate of drug-likeness (QED) is 0.504. The van der Waals surface area contributed by atoms with E-state index in [9.17, 15) is 9.59 Å². The van der Waals surface area contributed by atoms with E-state index in [1.165, 1.54) is 7.11 Å². The van der Waals surface area contributed by atoms with E-state index in [2.05, 4.69) is 0 Å². The van der Waals surface area contributed by atoms with Gasteiger partial charge in [-0.3, -0.25) is 9.59 Å². The number of hydrogen-bond donors (Lipinski definition) is 0. The first-order valence-corrected chi connectivity index (χ1v) is 8.17. The van der Waals surface area contributed by atoms with Crippen LogP contribution in [0.15, 0.2) is 24.3 Å². The molecule has 0 radical (unpaired) electrons. The van der Waals surface area contributed by atoms with E-state index in [1.54, 1.807) is 18.2 Å². The van der Waals surface area contributed by atoms with Gasteiger partial charge in [0.1, 0.15) is 6.61 Å². The van der Waals surface area contributed by atoms with Crippen molar-refractivity contribution in [2.45, 2.75) is 40.0 Å². The number of methoxy groups -OCH3 is 1. The molecular formula is C19H26O5. The number of rotatable bonds is 9. The Morgan fingerprint density at radius 1 is 1.17 bits per heavy atom. The molecule has 0 aliphatic carbocycles. The van der Waals surface area contributed by atoms with E-state index in [4.69, 9.17) is 14.2 Å². The lowest BCUT2D eigenvalue weighted by atomic mass is 10.1. The maximum atomic E-state index is 11.6. The second kappa shape index (κ2) is 10.5. The molecule has 0 heterocycles. The van der Waals surface area contributed by atoms with Crippen LogP contribution in [0.4, 0.5) is 0 Å². The van der Waals surface area contributed by atoms with Gasteiger partial charge in [0.05, 0.1) is 7.11 Å². The predicted octanol–water partition coefficient (Wildman–Crippen LogP) is 4.00. The van der Waals surface area contributed by atoms with Gasteiger partial charge < -0.3 is 14.2 Å². The Hall–Kier alpha value is -2.30. The zero-order chi connectivity index (χ0) is 17.9. The molecule has 0 fully saturated rings. The van der Waals surface area contributed by atoms with E-state index in [0.717, 1.165) is 12.0 Å². The summed E-state index contributed by atoms with van der Waals surface area (Å²) in [7, 11) is 1.52. The molecule has 5 heteroatoms. The molecule has 0 aliphatic rings. The summed E-state index contributed by atoms with van der Waals surface area (Å²) in [6.07, 6.45) is 5.10. The molecule has 0 saturated carbocycles. The molecule has 0 aliphatic heterocycles. The summed E-state index contributed by atoms with van der Waals surface area (Å²) in [5.41, 5.74) is 0.863. The van der Waals surface area contributed by atoms with Crippen molar-refractivity contribution in [3.05, 3.63) is 29.8 Å². The number of carbonyl (C=O) groups excluding carboxylic acids is 2. The number of esters is 2. The van der Waals surface area contributed by atoms with Gasteiger partial charge in [-0.2, -0.15) is 0 Å². The lowest BCUT2D eigenvalue weighted by Crippen LogP contribution is -2.08. The fourth-order valence-electron chi connectivity index (χ4n) is 1.97. The normalized spacial score (nSPS) is 10.9. The van der Waals surface area contributed by atoms with Gasteiger partial charge in [-0.25, -0.2) is 0 Å². The zero-order valence-corrected chi connectivity index (χ0v) is 14.8. The number of carbonyl (C=O) groups is 2. The molecule has 0 atom stereocenters. The van der Waals surface area contributed by atoms with Crippen LogP contribution < -0.4 is 9.47 Å². The SMILES string of the molecule is CCCC(=O)Oc1ccc(/C=C/COC(=O)CC(C)C)cc1OC. The van der Waals surface area contributed by atoms with E-state index >= 15 is 0 Å².